The van der Waals surface area contributed by atoms with E-state index >= 15 is 0 Å². The van der Waals surface area contributed by atoms with Crippen molar-refractivity contribution in [2.45, 2.75) is 74.4 Å². The van der Waals surface area contributed by atoms with Crippen LogP contribution in [0.15, 0.2) is 24.3 Å². The molecule has 1 saturated heterocycles. The molecular formula is C29H36N2O4. The molecule has 0 aromatic heterocycles. The molecule has 2 aromatic rings. The zero-order valence-corrected chi connectivity index (χ0v) is 22.5. The van der Waals surface area contributed by atoms with Gasteiger partial charge in [-0.3, -0.25) is 24.2 Å². The predicted molar refractivity (Wildman–Crippen MR) is 138 cm³/mol. The predicted octanol–water partition coefficient (Wildman–Crippen LogP) is 5.22. The molecule has 35 heavy (non-hydrogen) atoms. The highest BCUT2D eigenvalue weighted by atomic mass is 16.5. The van der Waals surface area contributed by atoms with Crippen LogP contribution in [0.1, 0.15) is 60.6 Å². The highest BCUT2D eigenvalue weighted by molar-refractivity contribution is 6.23. The van der Waals surface area contributed by atoms with Crippen molar-refractivity contribution in [2.24, 2.45) is 10.8 Å². The van der Waals surface area contributed by atoms with Crippen LogP contribution in [0.3, 0.4) is 0 Å². The molecule has 1 aliphatic heterocycles. The summed E-state index contributed by atoms with van der Waals surface area (Å²) in [5.74, 6) is -1.04. The van der Waals surface area contributed by atoms with Crippen molar-refractivity contribution in [1.82, 2.24) is 0 Å². The van der Waals surface area contributed by atoms with Gasteiger partial charge in [0, 0.05) is 6.42 Å². The van der Waals surface area contributed by atoms with Crippen molar-refractivity contribution in [3.63, 3.8) is 0 Å². The largest absolute Gasteiger partial charge is 0.468 e. The van der Waals surface area contributed by atoms with Gasteiger partial charge in [-0.05, 0) is 84.6 Å². The molecule has 1 saturated carbocycles. The minimum atomic E-state index is -1.32. The summed E-state index contributed by atoms with van der Waals surface area (Å²) in [7, 11) is 1.36. The second kappa shape index (κ2) is 7.67. The maximum atomic E-state index is 14.2. The van der Waals surface area contributed by atoms with E-state index in [9.17, 15) is 14.4 Å². The lowest BCUT2D eigenvalue weighted by Crippen LogP contribution is -2.71. The van der Waals surface area contributed by atoms with E-state index in [1.165, 1.54) is 7.11 Å². The summed E-state index contributed by atoms with van der Waals surface area (Å²) in [5.41, 5.74) is 3.77. The number of hydrogen-bond acceptors (Lipinski definition) is 4. The maximum absolute atomic E-state index is 14.2. The van der Waals surface area contributed by atoms with E-state index in [0.717, 1.165) is 44.8 Å². The number of aryl methyl sites for hydroxylation is 6. The van der Waals surface area contributed by atoms with Gasteiger partial charge in [-0.1, -0.05) is 35.4 Å². The van der Waals surface area contributed by atoms with Gasteiger partial charge in [0.05, 0.1) is 18.5 Å². The van der Waals surface area contributed by atoms with E-state index in [4.69, 9.17) is 4.74 Å². The molecule has 6 heteroatoms. The molecule has 0 radical (unpaired) electrons. The molecule has 6 nitrogen and oxygen atoms in total. The normalized spacial score (nSPS) is 22.6. The Kier molecular flexibility index (Phi) is 5.47. The van der Waals surface area contributed by atoms with Gasteiger partial charge in [-0.15, -0.1) is 0 Å². The Morgan fingerprint density at radius 1 is 0.743 bits per heavy atom. The van der Waals surface area contributed by atoms with Crippen molar-refractivity contribution in [3.05, 3.63) is 57.6 Å². The maximum Gasteiger partial charge on any atom is 0.316 e. The number of anilines is 2. The lowest BCUT2D eigenvalue weighted by molar-refractivity contribution is -0.148. The van der Waals surface area contributed by atoms with Crippen LogP contribution in [0.4, 0.5) is 11.4 Å². The van der Waals surface area contributed by atoms with E-state index in [1.807, 2.05) is 65.8 Å². The van der Waals surface area contributed by atoms with Crippen molar-refractivity contribution in [1.29, 1.82) is 0 Å². The smallest absolute Gasteiger partial charge is 0.316 e. The standard InChI is InChI=1S/C29H36N2O4/c1-16-11-18(3)22(19(4)12-16)30-24(32)27(7,8)25(33)31(23-20(5)13-17(2)14-21(23)6)29(30)15-28(29,9)26(34)35-10/h11-14H,15H2,1-10H3. The Balaban J connectivity index is 2.12. The Hall–Kier alpha value is -3.15. The number of hydrogen-bond donors (Lipinski definition) is 0. The Bertz CT molecular complexity index is 1170. The highest BCUT2D eigenvalue weighted by Crippen LogP contribution is 2.67. The minimum absolute atomic E-state index is 0.291. The number of carbonyl (C=O) groups excluding carboxylic acids is 3. The molecule has 1 heterocycles. The molecule has 186 valence electrons. The zero-order chi connectivity index (χ0) is 26.2. The number of carbonyl (C=O) groups is 3. The summed E-state index contributed by atoms with van der Waals surface area (Å²) in [6.45, 7) is 17.1. The van der Waals surface area contributed by atoms with Gasteiger partial charge in [-0.2, -0.15) is 0 Å². The van der Waals surface area contributed by atoms with Crippen molar-refractivity contribution in [3.8, 4) is 0 Å². The number of esters is 1. The van der Waals surface area contributed by atoms with E-state index in [2.05, 4.69) is 0 Å². The van der Waals surface area contributed by atoms with Crippen molar-refractivity contribution >= 4 is 29.2 Å². The topological polar surface area (TPSA) is 66.9 Å². The molecule has 1 spiro atoms. The van der Waals surface area contributed by atoms with E-state index in [-0.39, 0.29) is 11.8 Å². The number of ether oxygens (including phenoxy) is 1. The molecule has 2 fully saturated rings. The quantitative estimate of drug-likeness (QED) is 0.450. The molecule has 0 bridgehead atoms. The van der Waals surface area contributed by atoms with Crippen LogP contribution in [0.25, 0.3) is 0 Å². The summed E-state index contributed by atoms with van der Waals surface area (Å²) in [5, 5.41) is 0. The first-order chi connectivity index (χ1) is 16.1. The highest BCUT2D eigenvalue weighted by Gasteiger charge is 2.81. The molecular weight excluding hydrogens is 440 g/mol. The average Bonchev–Trinajstić information content (AvgIpc) is 3.37. The molecule has 1 unspecified atom stereocenters. The molecule has 2 amide bonds. The van der Waals surface area contributed by atoms with Crippen LogP contribution in [0.5, 0.6) is 0 Å². The summed E-state index contributed by atoms with van der Waals surface area (Å²) < 4.78 is 5.24. The van der Waals surface area contributed by atoms with Crippen molar-refractivity contribution < 1.29 is 19.1 Å². The van der Waals surface area contributed by atoms with Crippen LogP contribution in [-0.2, 0) is 19.1 Å². The van der Waals surface area contributed by atoms with Gasteiger partial charge in [0.1, 0.15) is 16.5 Å². The van der Waals surface area contributed by atoms with E-state index in [0.29, 0.717) is 6.42 Å². The van der Waals surface area contributed by atoms with Gasteiger partial charge in [0.15, 0.2) is 0 Å². The third-order valence-corrected chi connectivity index (χ3v) is 7.93. The van der Waals surface area contributed by atoms with Crippen LogP contribution in [0.2, 0.25) is 0 Å². The summed E-state index contributed by atoms with van der Waals surface area (Å²) in [6.07, 6.45) is 0.291. The second-order valence-electron chi connectivity index (χ2n) is 11.2. The molecule has 2 aliphatic rings. The molecule has 1 atom stereocenters. The number of rotatable bonds is 3. The fourth-order valence-electron chi connectivity index (χ4n) is 6.27. The summed E-state index contributed by atoms with van der Waals surface area (Å²) in [4.78, 5) is 45.2. The fraction of sp³-hybridized carbons (Fsp3) is 0.483. The Labute approximate surface area is 208 Å². The lowest BCUT2D eigenvalue weighted by atomic mass is 9.82. The van der Waals surface area contributed by atoms with E-state index in [1.54, 1.807) is 30.6 Å². The number of methoxy groups -OCH3 is 1. The van der Waals surface area contributed by atoms with Gasteiger partial charge < -0.3 is 4.74 Å². The molecule has 0 N–H and O–H groups in total. The van der Waals surface area contributed by atoms with Crippen LogP contribution in [0, 0.1) is 52.4 Å². The molecule has 4 rings (SSSR count). The number of benzene rings is 2. The fourth-order valence-corrected chi connectivity index (χ4v) is 6.27. The average molecular weight is 477 g/mol. The minimum Gasteiger partial charge on any atom is -0.468 e. The SMILES string of the molecule is COC(=O)C1(C)CC12N(c1c(C)cc(C)cc1C)C(=O)C(C)(C)C(=O)N2c1c(C)cc(C)cc1C. The Morgan fingerprint density at radius 2 is 1.09 bits per heavy atom. The second-order valence-corrected chi connectivity index (χ2v) is 11.2. The number of nitrogens with zero attached hydrogens (tertiary/aromatic N) is 2. The van der Waals surface area contributed by atoms with Crippen LogP contribution >= 0.6 is 0 Å². The summed E-state index contributed by atoms with van der Waals surface area (Å²) in [6, 6.07) is 8.16. The van der Waals surface area contributed by atoms with Crippen LogP contribution in [-0.4, -0.2) is 30.6 Å². The van der Waals surface area contributed by atoms with E-state index < -0.39 is 22.5 Å². The number of amides is 2. The lowest BCUT2D eigenvalue weighted by Gasteiger charge is -2.52. The first-order valence-corrected chi connectivity index (χ1v) is 12.1. The first kappa shape index (κ1) is 25.0. The van der Waals surface area contributed by atoms with Gasteiger partial charge in [-0.25, -0.2) is 0 Å². The summed E-state index contributed by atoms with van der Waals surface area (Å²) >= 11 is 0. The zero-order valence-electron chi connectivity index (χ0n) is 22.5. The van der Waals surface area contributed by atoms with Gasteiger partial charge in [0.2, 0.25) is 11.8 Å². The van der Waals surface area contributed by atoms with Crippen LogP contribution < -0.4 is 9.80 Å². The van der Waals surface area contributed by atoms with Crippen molar-refractivity contribution in [2.75, 3.05) is 16.9 Å². The third kappa shape index (κ3) is 3.18. The Morgan fingerprint density at radius 3 is 1.40 bits per heavy atom. The monoisotopic (exact) mass is 476 g/mol. The van der Waals surface area contributed by atoms with Gasteiger partial charge in [0.25, 0.3) is 0 Å². The molecule has 1 aliphatic carbocycles. The third-order valence-electron chi connectivity index (χ3n) is 7.93. The van der Waals surface area contributed by atoms with Gasteiger partial charge >= 0.3 is 5.97 Å². The molecule has 2 aromatic carbocycles. The first-order valence-electron chi connectivity index (χ1n) is 12.1.